The molecule has 3 aromatic rings. The lowest BCUT2D eigenvalue weighted by Crippen LogP contribution is -2.47. The SMILES string of the molecule is Cc1ccc(-c2nnc(C(C)N3CCN(c4cccc(C(F)(F)F)c4)CC3)o2)cc1. The molecule has 1 unspecified atom stereocenters. The van der Waals surface area contributed by atoms with Crippen molar-refractivity contribution >= 4 is 5.69 Å². The number of aryl methyl sites for hydroxylation is 1. The third kappa shape index (κ3) is 4.33. The lowest BCUT2D eigenvalue weighted by Gasteiger charge is -2.38. The van der Waals surface area contributed by atoms with E-state index in [0.717, 1.165) is 17.2 Å². The lowest BCUT2D eigenvalue weighted by molar-refractivity contribution is -0.137. The monoisotopic (exact) mass is 416 g/mol. The van der Waals surface area contributed by atoms with Crippen LogP contribution in [-0.2, 0) is 6.18 Å². The molecule has 1 saturated heterocycles. The smallest absolute Gasteiger partial charge is 0.416 e. The minimum absolute atomic E-state index is 0.0691. The Bertz CT molecular complexity index is 992. The number of hydrogen-bond acceptors (Lipinski definition) is 5. The van der Waals surface area contributed by atoms with Crippen molar-refractivity contribution in [2.75, 3.05) is 31.1 Å². The summed E-state index contributed by atoms with van der Waals surface area (Å²) >= 11 is 0. The number of aromatic nitrogens is 2. The second kappa shape index (κ2) is 8.10. The van der Waals surface area contributed by atoms with E-state index in [1.807, 2.05) is 43.0 Å². The number of piperazine rings is 1. The van der Waals surface area contributed by atoms with Gasteiger partial charge in [0.15, 0.2) is 0 Å². The van der Waals surface area contributed by atoms with Gasteiger partial charge in [0.1, 0.15) is 0 Å². The van der Waals surface area contributed by atoms with Gasteiger partial charge in [0, 0.05) is 37.4 Å². The molecule has 2 aromatic carbocycles. The standard InChI is InChI=1S/C22H23F3N4O/c1-15-6-8-17(9-7-15)21-27-26-20(30-21)16(2)28-10-12-29(13-11-28)19-5-3-4-18(14-19)22(23,24)25/h3-9,14,16H,10-13H2,1-2H3. The third-order valence-corrected chi connectivity index (χ3v) is 5.50. The molecule has 1 aromatic heterocycles. The first-order valence-corrected chi connectivity index (χ1v) is 9.88. The van der Waals surface area contributed by atoms with Crippen LogP contribution in [0.1, 0.15) is 30.0 Å². The van der Waals surface area contributed by atoms with Crippen LogP contribution in [0.15, 0.2) is 52.9 Å². The Labute approximate surface area is 173 Å². The maximum Gasteiger partial charge on any atom is 0.416 e. The summed E-state index contributed by atoms with van der Waals surface area (Å²) < 4.78 is 44.8. The molecule has 1 aliphatic heterocycles. The maximum atomic E-state index is 13.0. The molecule has 158 valence electrons. The molecule has 1 aliphatic rings. The molecule has 30 heavy (non-hydrogen) atoms. The minimum atomic E-state index is -4.33. The molecule has 8 heteroatoms. The molecule has 0 bridgehead atoms. The van der Waals surface area contributed by atoms with E-state index in [9.17, 15) is 13.2 Å². The highest BCUT2D eigenvalue weighted by molar-refractivity contribution is 5.53. The fourth-order valence-corrected chi connectivity index (χ4v) is 3.62. The molecule has 5 nitrogen and oxygen atoms in total. The van der Waals surface area contributed by atoms with Crippen LogP contribution in [0.25, 0.3) is 11.5 Å². The second-order valence-electron chi connectivity index (χ2n) is 7.56. The largest absolute Gasteiger partial charge is 0.419 e. The predicted octanol–water partition coefficient (Wildman–Crippen LogP) is 4.95. The molecule has 4 rings (SSSR count). The Hall–Kier alpha value is -2.87. The van der Waals surface area contributed by atoms with E-state index in [2.05, 4.69) is 15.1 Å². The zero-order chi connectivity index (χ0) is 21.3. The average Bonchev–Trinajstić information content (AvgIpc) is 3.24. The number of alkyl halides is 3. The van der Waals surface area contributed by atoms with Gasteiger partial charge >= 0.3 is 6.18 Å². The van der Waals surface area contributed by atoms with Crippen molar-refractivity contribution in [3.05, 3.63) is 65.5 Å². The van der Waals surface area contributed by atoms with Gasteiger partial charge in [0.2, 0.25) is 11.8 Å². The molecule has 2 heterocycles. The number of rotatable bonds is 4. The van der Waals surface area contributed by atoms with E-state index < -0.39 is 11.7 Å². The average molecular weight is 416 g/mol. The Morgan fingerprint density at radius 1 is 0.967 bits per heavy atom. The molecular weight excluding hydrogens is 393 g/mol. The van der Waals surface area contributed by atoms with Gasteiger partial charge in [-0.25, -0.2) is 0 Å². The summed E-state index contributed by atoms with van der Waals surface area (Å²) in [4.78, 5) is 4.18. The van der Waals surface area contributed by atoms with Crippen molar-refractivity contribution in [3.8, 4) is 11.5 Å². The Morgan fingerprint density at radius 3 is 2.33 bits per heavy atom. The van der Waals surface area contributed by atoms with Crippen molar-refractivity contribution in [2.45, 2.75) is 26.1 Å². The summed E-state index contributed by atoms with van der Waals surface area (Å²) in [7, 11) is 0. The predicted molar refractivity (Wildman–Crippen MR) is 108 cm³/mol. The summed E-state index contributed by atoms with van der Waals surface area (Å²) in [5.74, 6) is 1.03. The number of halogens is 3. The highest BCUT2D eigenvalue weighted by Crippen LogP contribution is 2.32. The van der Waals surface area contributed by atoms with Crippen LogP contribution >= 0.6 is 0 Å². The van der Waals surface area contributed by atoms with Crippen LogP contribution < -0.4 is 4.90 Å². The summed E-state index contributed by atoms with van der Waals surface area (Å²) in [6.07, 6.45) is -4.33. The molecular formula is C22H23F3N4O. The van der Waals surface area contributed by atoms with Gasteiger partial charge in [-0.3, -0.25) is 4.90 Å². The van der Waals surface area contributed by atoms with E-state index >= 15 is 0 Å². The van der Waals surface area contributed by atoms with Crippen molar-refractivity contribution < 1.29 is 17.6 Å². The zero-order valence-electron chi connectivity index (χ0n) is 16.9. The van der Waals surface area contributed by atoms with Gasteiger partial charge in [-0.1, -0.05) is 23.8 Å². The Morgan fingerprint density at radius 2 is 1.67 bits per heavy atom. The maximum absolute atomic E-state index is 13.0. The highest BCUT2D eigenvalue weighted by atomic mass is 19.4. The van der Waals surface area contributed by atoms with Gasteiger partial charge in [-0.05, 0) is 44.2 Å². The molecule has 1 fully saturated rings. The molecule has 0 spiro atoms. The van der Waals surface area contributed by atoms with Gasteiger partial charge in [0.25, 0.3) is 0 Å². The number of nitrogens with zero attached hydrogens (tertiary/aromatic N) is 4. The van der Waals surface area contributed by atoms with Gasteiger partial charge in [-0.2, -0.15) is 13.2 Å². The van der Waals surface area contributed by atoms with Gasteiger partial charge in [0.05, 0.1) is 11.6 Å². The first kappa shape index (κ1) is 20.4. The topological polar surface area (TPSA) is 45.4 Å². The van der Waals surface area contributed by atoms with Crippen LogP contribution in [0.5, 0.6) is 0 Å². The van der Waals surface area contributed by atoms with E-state index in [1.165, 1.54) is 12.1 Å². The van der Waals surface area contributed by atoms with Crippen molar-refractivity contribution in [2.24, 2.45) is 0 Å². The van der Waals surface area contributed by atoms with Crippen molar-refractivity contribution in [3.63, 3.8) is 0 Å². The van der Waals surface area contributed by atoms with Crippen molar-refractivity contribution in [1.82, 2.24) is 15.1 Å². The fourth-order valence-electron chi connectivity index (χ4n) is 3.62. The lowest BCUT2D eigenvalue weighted by atomic mass is 10.1. The van der Waals surface area contributed by atoms with Crippen molar-refractivity contribution in [1.29, 1.82) is 0 Å². The molecule has 0 amide bonds. The summed E-state index contributed by atoms with van der Waals surface area (Å²) in [6.45, 7) is 6.67. The van der Waals surface area contributed by atoms with E-state index in [4.69, 9.17) is 4.42 Å². The molecule has 0 saturated carbocycles. The molecule has 0 radical (unpaired) electrons. The van der Waals surface area contributed by atoms with E-state index in [1.54, 1.807) is 6.07 Å². The zero-order valence-corrected chi connectivity index (χ0v) is 16.9. The Kier molecular flexibility index (Phi) is 5.51. The first-order valence-electron chi connectivity index (χ1n) is 9.88. The minimum Gasteiger partial charge on any atom is -0.419 e. The van der Waals surface area contributed by atoms with Crippen LogP contribution in [0.3, 0.4) is 0 Å². The highest BCUT2D eigenvalue weighted by Gasteiger charge is 2.31. The van der Waals surface area contributed by atoms with Gasteiger partial charge < -0.3 is 9.32 Å². The fraction of sp³-hybridized carbons (Fsp3) is 0.364. The van der Waals surface area contributed by atoms with Gasteiger partial charge in [-0.15, -0.1) is 10.2 Å². The number of anilines is 1. The Balaban J connectivity index is 1.40. The molecule has 1 atom stereocenters. The van der Waals surface area contributed by atoms with Crippen LogP contribution in [-0.4, -0.2) is 41.3 Å². The number of benzene rings is 2. The number of hydrogen-bond donors (Lipinski definition) is 0. The first-order chi connectivity index (χ1) is 14.3. The summed E-state index contributed by atoms with van der Waals surface area (Å²) in [6, 6.07) is 13.3. The van der Waals surface area contributed by atoms with Crippen LogP contribution in [0, 0.1) is 6.92 Å². The quantitative estimate of drug-likeness (QED) is 0.602. The normalized spacial score (nSPS) is 16.6. The summed E-state index contributed by atoms with van der Waals surface area (Å²) in [5, 5.41) is 8.38. The van der Waals surface area contributed by atoms with Crippen LogP contribution in [0.4, 0.5) is 18.9 Å². The molecule has 0 N–H and O–H groups in total. The van der Waals surface area contributed by atoms with E-state index in [-0.39, 0.29) is 6.04 Å². The summed E-state index contributed by atoms with van der Waals surface area (Å²) in [5.41, 5.74) is 2.01. The van der Waals surface area contributed by atoms with Crippen LogP contribution in [0.2, 0.25) is 0 Å². The van der Waals surface area contributed by atoms with E-state index in [0.29, 0.717) is 43.6 Å². The third-order valence-electron chi connectivity index (χ3n) is 5.50. The second-order valence-corrected chi connectivity index (χ2v) is 7.56. The molecule has 0 aliphatic carbocycles.